The summed E-state index contributed by atoms with van der Waals surface area (Å²) in [6.07, 6.45) is 5.62. The minimum absolute atomic E-state index is 0.452. The molecule has 20 heavy (non-hydrogen) atoms. The lowest BCUT2D eigenvalue weighted by Crippen LogP contribution is -2.40. The molecule has 1 aromatic carbocycles. The first-order chi connectivity index (χ1) is 9.71. The largest absolute Gasteiger partial charge is 0.496 e. The molecule has 110 valence electrons. The van der Waals surface area contributed by atoms with Gasteiger partial charge in [0, 0.05) is 16.4 Å². The second-order valence-electron chi connectivity index (χ2n) is 5.83. The Kier molecular flexibility index (Phi) is 4.34. The first-order valence-electron chi connectivity index (χ1n) is 7.36. The van der Waals surface area contributed by atoms with Crippen LogP contribution in [0.3, 0.4) is 0 Å². The predicted octanol–water partition coefficient (Wildman–Crippen LogP) is 3.16. The first kappa shape index (κ1) is 14.4. The van der Waals surface area contributed by atoms with Crippen LogP contribution in [0.4, 0.5) is 0 Å². The van der Waals surface area contributed by atoms with Gasteiger partial charge in [0.15, 0.2) is 0 Å². The molecule has 0 radical (unpaired) electrons. The Hall–Kier alpha value is -0.580. The van der Waals surface area contributed by atoms with Gasteiger partial charge in [0.25, 0.3) is 0 Å². The minimum Gasteiger partial charge on any atom is -0.496 e. The molecule has 2 aliphatic heterocycles. The monoisotopic (exact) mass is 339 g/mol. The smallest absolute Gasteiger partial charge is 0.122 e. The Morgan fingerprint density at radius 3 is 2.90 bits per heavy atom. The van der Waals surface area contributed by atoms with Crippen molar-refractivity contribution >= 4 is 15.9 Å². The van der Waals surface area contributed by atoms with E-state index in [4.69, 9.17) is 9.47 Å². The van der Waals surface area contributed by atoms with E-state index in [0.717, 1.165) is 16.6 Å². The standard InChI is InChI=1S/C16H22BrNO2/c1-18-14(13-9-12-4-6-16(13)20-12)8-10-7-11(17)3-5-15(10)19-2/h3,5,7,12-14,16,18H,4,6,8-9H2,1-2H3. The number of hydrogen-bond acceptors (Lipinski definition) is 3. The molecular formula is C16H22BrNO2. The molecular weight excluding hydrogens is 318 g/mol. The van der Waals surface area contributed by atoms with Gasteiger partial charge in [-0.2, -0.15) is 0 Å². The zero-order valence-electron chi connectivity index (χ0n) is 12.1. The van der Waals surface area contributed by atoms with E-state index in [1.165, 1.54) is 24.8 Å². The lowest BCUT2D eigenvalue weighted by atomic mass is 9.81. The van der Waals surface area contributed by atoms with E-state index in [1.54, 1.807) is 7.11 Å². The number of hydrogen-bond donors (Lipinski definition) is 1. The topological polar surface area (TPSA) is 30.5 Å². The third-order valence-corrected chi connectivity index (χ3v) is 5.22. The number of rotatable bonds is 5. The van der Waals surface area contributed by atoms with Crippen molar-refractivity contribution in [1.29, 1.82) is 0 Å². The summed E-state index contributed by atoms with van der Waals surface area (Å²) in [5.74, 6) is 1.60. The van der Waals surface area contributed by atoms with Gasteiger partial charge < -0.3 is 14.8 Å². The number of methoxy groups -OCH3 is 1. The normalized spacial score (nSPS) is 29.6. The number of likely N-dealkylation sites (N-methyl/N-ethyl adjacent to an activating group) is 1. The maximum absolute atomic E-state index is 6.01. The second-order valence-corrected chi connectivity index (χ2v) is 6.74. The summed E-state index contributed by atoms with van der Waals surface area (Å²) in [7, 11) is 3.79. The van der Waals surface area contributed by atoms with E-state index in [1.807, 2.05) is 12.1 Å². The maximum Gasteiger partial charge on any atom is 0.122 e. The number of halogens is 1. The van der Waals surface area contributed by atoms with Gasteiger partial charge in [0.2, 0.25) is 0 Å². The van der Waals surface area contributed by atoms with Gasteiger partial charge in [-0.3, -0.25) is 0 Å². The Labute approximate surface area is 129 Å². The first-order valence-corrected chi connectivity index (χ1v) is 8.15. The Morgan fingerprint density at radius 2 is 2.30 bits per heavy atom. The molecule has 0 spiro atoms. The van der Waals surface area contributed by atoms with E-state index in [-0.39, 0.29) is 0 Å². The molecule has 0 aromatic heterocycles. The predicted molar refractivity (Wildman–Crippen MR) is 83.2 cm³/mol. The lowest BCUT2D eigenvalue weighted by molar-refractivity contribution is 0.0863. The molecule has 2 aliphatic rings. The van der Waals surface area contributed by atoms with E-state index >= 15 is 0 Å². The fraction of sp³-hybridized carbons (Fsp3) is 0.625. The molecule has 4 atom stereocenters. The molecule has 1 aromatic rings. The maximum atomic E-state index is 6.01. The second kappa shape index (κ2) is 6.04. The highest BCUT2D eigenvalue weighted by molar-refractivity contribution is 9.10. The van der Waals surface area contributed by atoms with Crippen molar-refractivity contribution in [2.45, 2.75) is 43.9 Å². The summed E-state index contributed by atoms with van der Waals surface area (Å²) in [5.41, 5.74) is 1.25. The molecule has 3 rings (SSSR count). The molecule has 0 amide bonds. The van der Waals surface area contributed by atoms with E-state index in [9.17, 15) is 0 Å². The van der Waals surface area contributed by atoms with Crippen molar-refractivity contribution in [3.63, 3.8) is 0 Å². The molecule has 4 heteroatoms. The summed E-state index contributed by atoms with van der Waals surface area (Å²) in [5, 5.41) is 3.50. The number of fused-ring (bicyclic) bond motifs is 2. The van der Waals surface area contributed by atoms with Crippen LogP contribution in [0.5, 0.6) is 5.75 Å². The van der Waals surface area contributed by atoms with Crippen molar-refractivity contribution in [3.8, 4) is 5.75 Å². The minimum atomic E-state index is 0.452. The average molecular weight is 340 g/mol. The summed E-state index contributed by atoms with van der Waals surface area (Å²) < 4.78 is 12.6. The van der Waals surface area contributed by atoms with E-state index in [2.05, 4.69) is 34.4 Å². The van der Waals surface area contributed by atoms with Crippen LogP contribution in [0.25, 0.3) is 0 Å². The van der Waals surface area contributed by atoms with Gasteiger partial charge in [0.05, 0.1) is 19.3 Å². The van der Waals surface area contributed by atoms with Crippen LogP contribution in [-0.4, -0.2) is 32.4 Å². The highest BCUT2D eigenvalue weighted by atomic mass is 79.9. The van der Waals surface area contributed by atoms with Gasteiger partial charge in [-0.15, -0.1) is 0 Å². The molecule has 2 saturated heterocycles. The van der Waals surface area contributed by atoms with Crippen LogP contribution in [0, 0.1) is 5.92 Å². The third-order valence-electron chi connectivity index (χ3n) is 4.72. The van der Waals surface area contributed by atoms with Gasteiger partial charge in [-0.25, -0.2) is 0 Å². The molecule has 2 bridgehead atoms. The molecule has 1 N–H and O–H groups in total. The zero-order valence-corrected chi connectivity index (χ0v) is 13.7. The van der Waals surface area contributed by atoms with Gasteiger partial charge in [0.1, 0.15) is 5.75 Å². The quantitative estimate of drug-likeness (QED) is 0.893. The molecule has 0 aliphatic carbocycles. The SMILES string of the molecule is CNC(Cc1cc(Br)ccc1OC)C1CC2CCC1O2. The lowest BCUT2D eigenvalue weighted by Gasteiger charge is -2.28. The van der Waals surface area contributed by atoms with Crippen LogP contribution in [0.1, 0.15) is 24.8 Å². The van der Waals surface area contributed by atoms with Crippen LogP contribution in [0.2, 0.25) is 0 Å². The highest BCUT2D eigenvalue weighted by Gasteiger charge is 2.43. The van der Waals surface area contributed by atoms with Crippen molar-refractivity contribution in [2.24, 2.45) is 5.92 Å². The third kappa shape index (κ3) is 2.74. The van der Waals surface area contributed by atoms with Crippen molar-refractivity contribution < 1.29 is 9.47 Å². The highest BCUT2D eigenvalue weighted by Crippen LogP contribution is 2.41. The molecule has 2 heterocycles. The number of ether oxygens (including phenoxy) is 2. The summed E-state index contributed by atoms with van der Waals surface area (Å²) in [6, 6.07) is 6.67. The fourth-order valence-electron chi connectivity index (χ4n) is 3.71. The van der Waals surface area contributed by atoms with Crippen molar-refractivity contribution in [1.82, 2.24) is 5.32 Å². The van der Waals surface area contributed by atoms with Crippen molar-refractivity contribution in [3.05, 3.63) is 28.2 Å². The Bertz CT molecular complexity index is 480. The molecule has 0 saturated carbocycles. The summed E-state index contributed by atoms with van der Waals surface area (Å²) in [4.78, 5) is 0. The van der Waals surface area contributed by atoms with Crippen LogP contribution in [-0.2, 0) is 11.2 Å². The molecule has 2 fully saturated rings. The fourth-order valence-corrected chi connectivity index (χ4v) is 4.12. The molecule has 4 unspecified atom stereocenters. The molecule has 3 nitrogen and oxygen atoms in total. The van der Waals surface area contributed by atoms with Gasteiger partial charge in [-0.1, -0.05) is 15.9 Å². The van der Waals surface area contributed by atoms with E-state index < -0.39 is 0 Å². The average Bonchev–Trinajstić information content (AvgIpc) is 3.07. The van der Waals surface area contributed by atoms with Crippen molar-refractivity contribution in [2.75, 3.05) is 14.2 Å². The Morgan fingerprint density at radius 1 is 1.45 bits per heavy atom. The van der Waals surface area contributed by atoms with Crippen LogP contribution < -0.4 is 10.1 Å². The Balaban J connectivity index is 1.76. The summed E-state index contributed by atoms with van der Waals surface area (Å²) >= 11 is 3.55. The van der Waals surface area contributed by atoms with Crippen LogP contribution in [0.15, 0.2) is 22.7 Å². The number of nitrogens with one attached hydrogen (secondary N) is 1. The van der Waals surface area contributed by atoms with Gasteiger partial charge >= 0.3 is 0 Å². The zero-order chi connectivity index (χ0) is 14.1. The van der Waals surface area contributed by atoms with Gasteiger partial charge in [-0.05, 0) is 56.5 Å². The summed E-state index contributed by atoms with van der Waals surface area (Å²) in [6.45, 7) is 0. The number of benzene rings is 1. The van der Waals surface area contributed by atoms with E-state index in [0.29, 0.717) is 24.2 Å². The van der Waals surface area contributed by atoms with Crippen LogP contribution >= 0.6 is 15.9 Å².